The average Bonchev–Trinajstić information content (AvgIpc) is 3.34. The highest BCUT2D eigenvalue weighted by atomic mass is 32.1. The summed E-state index contributed by atoms with van der Waals surface area (Å²) in [6.45, 7) is 3.24. The molecule has 1 atom stereocenters. The number of hydrogen-bond acceptors (Lipinski definition) is 6. The predicted octanol–water partition coefficient (Wildman–Crippen LogP) is 3.54. The summed E-state index contributed by atoms with van der Waals surface area (Å²) in [5, 5.41) is 2.99. The molecule has 1 amide bonds. The van der Waals surface area contributed by atoms with E-state index >= 15 is 0 Å². The fourth-order valence-corrected chi connectivity index (χ4v) is 4.78. The summed E-state index contributed by atoms with van der Waals surface area (Å²) < 4.78 is 10.7. The van der Waals surface area contributed by atoms with Crippen molar-refractivity contribution < 1.29 is 19.1 Å². The van der Waals surface area contributed by atoms with E-state index in [4.69, 9.17) is 9.47 Å². The zero-order valence-electron chi connectivity index (χ0n) is 15.5. The molecule has 0 N–H and O–H groups in total. The molecule has 3 heterocycles. The number of rotatable bonds is 3. The minimum absolute atomic E-state index is 0.00488. The van der Waals surface area contributed by atoms with Crippen molar-refractivity contribution in [1.82, 2.24) is 9.88 Å². The Hall–Kier alpha value is -2.41. The summed E-state index contributed by atoms with van der Waals surface area (Å²) in [7, 11) is 1.36. The van der Waals surface area contributed by atoms with E-state index in [1.165, 1.54) is 7.11 Å². The van der Waals surface area contributed by atoms with Crippen molar-refractivity contribution in [2.24, 2.45) is 0 Å². The Balaban J connectivity index is 1.70. The Labute approximate surface area is 162 Å². The number of carbonyl (C=O) groups excluding carboxylic acids is 2. The van der Waals surface area contributed by atoms with E-state index < -0.39 is 5.97 Å². The molecule has 1 aromatic heterocycles. The molecule has 2 aliphatic rings. The van der Waals surface area contributed by atoms with E-state index in [0.717, 1.165) is 41.9 Å². The highest BCUT2D eigenvalue weighted by Gasteiger charge is 2.33. The number of fused-ring (bicyclic) bond motifs is 1. The number of carbonyl (C=O) groups is 2. The zero-order chi connectivity index (χ0) is 19.0. The van der Waals surface area contributed by atoms with Gasteiger partial charge in [-0.15, -0.1) is 11.3 Å². The molecule has 7 heteroatoms. The monoisotopic (exact) mass is 386 g/mol. The molecule has 0 saturated carbocycles. The van der Waals surface area contributed by atoms with Crippen LogP contribution in [-0.4, -0.2) is 42.0 Å². The molecule has 4 rings (SSSR count). The first-order chi connectivity index (χ1) is 13.1. The highest BCUT2D eigenvalue weighted by Crippen LogP contribution is 2.36. The van der Waals surface area contributed by atoms with Gasteiger partial charge in [0.25, 0.3) is 5.91 Å². The Morgan fingerprint density at radius 3 is 2.93 bits per heavy atom. The van der Waals surface area contributed by atoms with Crippen LogP contribution in [0.2, 0.25) is 0 Å². The molecule has 27 heavy (non-hydrogen) atoms. The van der Waals surface area contributed by atoms with Crippen LogP contribution < -0.4 is 4.74 Å². The number of esters is 1. The van der Waals surface area contributed by atoms with Crippen LogP contribution in [0.1, 0.15) is 62.3 Å². The highest BCUT2D eigenvalue weighted by molar-refractivity contribution is 7.09. The zero-order valence-corrected chi connectivity index (χ0v) is 16.3. The summed E-state index contributed by atoms with van der Waals surface area (Å²) in [4.78, 5) is 32.0. The van der Waals surface area contributed by atoms with Gasteiger partial charge in [-0.2, -0.15) is 0 Å². The summed E-state index contributed by atoms with van der Waals surface area (Å²) in [6.07, 6.45) is 3.45. The number of ether oxygens (including phenoxy) is 2. The van der Waals surface area contributed by atoms with Gasteiger partial charge >= 0.3 is 5.97 Å². The van der Waals surface area contributed by atoms with Crippen LogP contribution in [0, 0.1) is 6.92 Å². The molecular formula is C20H22N2O4S. The normalized spacial score (nSPS) is 18.7. The number of likely N-dealkylation sites (tertiary alicyclic amines) is 1. The molecule has 1 fully saturated rings. The Bertz CT molecular complexity index is 892. The Morgan fingerprint density at radius 1 is 1.33 bits per heavy atom. The Kier molecular flexibility index (Phi) is 4.86. The molecule has 1 saturated heterocycles. The van der Waals surface area contributed by atoms with Gasteiger partial charge in [-0.25, -0.2) is 9.78 Å². The second kappa shape index (κ2) is 7.31. The molecule has 142 valence electrons. The van der Waals surface area contributed by atoms with Crippen molar-refractivity contribution >= 4 is 23.2 Å². The lowest BCUT2D eigenvalue weighted by Gasteiger charge is -2.25. The van der Waals surface area contributed by atoms with E-state index in [9.17, 15) is 9.59 Å². The van der Waals surface area contributed by atoms with Crippen molar-refractivity contribution in [2.75, 3.05) is 20.3 Å². The quantitative estimate of drug-likeness (QED) is 0.755. The van der Waals surface area contributed by atoms with Crippen LogP contribution in [-0.2, 0) is 11.2 Å². The third-order valence-corrected chi connectivity index (χ3v) is 6.19. The number of aryl methyl sites for hydroxylation is 1. The van der Waals surface area contributed by atoms with Crippen LogP contribution in [0.3, 0.4) is 0 Å². The lowest BCUT2D eigenvalue weighted by molar-refractivity contribution is 0.0598. The van der Waals surface area contributed by atoms with Gasteiger partial charge in [0, 0.05) is 28.7 Å². The summed E-state index contributed by atoms with van der Waals surface area (Å²) in [5.74, 6) is 0.0979. The van der Waals surface area contributed by atoms with Crippen molar-refractivity contribution in [3.05, 3.63) is 44.9 Å². The van der Waals surface area contributed by atoms with Gasteiger partial charge in [-0.3, -0.25) is 4.79 Å². The number of amides is 1. The first kappa shape index (κ1) is 18.0. The molecule has 0 aliphatic carbocycles. The lowest BCUT2D eigenvalue weighted by atomic mass is 9.96. The topological polar surface area (TPSA) is 68.7 Å². The number of methoxy groups -OCH3 is 1. The van der Waals surface area contributed by atoms with E-state index in [1.807, 2.05) is 17.2 Å². The van der Waals surface area contributed by atoms with Crippen molar-refractivity contribution in [3.8, 4) is 5.75 Å². The van der Waals surface area contributed by atoms with Crippen LogP contribution in [0.4, 0.5) is 0 Å². The number of aromatic nitrogens is 1. The lowest BCUT2D eigenvalue weighted by Crippen LogP contribution is -2.31. The van der Waals surface area contributed by atoms with Crippen molar-refractivity contribution in [1.29, 1.82) is 0 Å². The van der Waals surface area contributed by atoms with Crippen LogP contribution in [0.5, 0.6) is 5.75 Å². The summed E-state index contributed by atoms with van der Waals surface area (Å²) in [5.41, 5.74) is 2.71. The van der Waals surface area contributed by atoms with Crippen molar-refractivity contribution in [2.45, 2.75) is 38.6 Å². The molecule has 6 nitrogen and oxygen atoms in total. The molecule has 2 aliphatic heterocycles. The van der Waals surface area contributed by atoms with Crippen molar-refractivity contribution in [3.63, 3.8) is 0 Å². The fourth-order valence-electron chi connectivity index (χ4n) is 3.84. The maximum Gasteiger partial charge on any atom is 0.338 e. The second-order valence-electron chi connectivity index (χ2n) is 6.93. The van der Waals surface area contributed by atoms with E-state index in [-0.39, 0.29) is 11.9 Å². The SMILES string of the molecule is COC(=O)c1cc(C(=O)N2CCCC2c2nc(C)cs2)cc2c1CCCO2. The first-order valence-electron chi connectivity index (χ1n) is 9.19. The van der Waals surface area contributed by atoms with Crippen LogP contribution in [0.25, 0.3) is 0 Å². The number of nitrogens with zero attached hydrogens (tertiary/aromatic N) is 2. The Morgan fingerprint density at radius 2 is 2.19 bits per heavy atom. The summed E-state index contributed by atoms with van der Waals surface area (Å²) >= 11 is 1.59. The maximum absolute atomic E-state index is 13.3. The molecule has 2 aromatic rings. The third-order valence-electron chi connectivity index (χ3n) is 5.13. The molecule has 0 bridgehead atoms. The molecule has 0 spiro atoms. The summed E-state index contributed by atoms with van der Waals surface area (Å²) in [6, 6.07) is 3.42. The smallest absolute Gasteiger partial charge is 0.338 e. The maximum atomic E-state index is 13.3. The largest absolute Gasteiger partial charge is 0.493 e. The average molecular weight is 386 g/mol. The minimum Gasteiger partial charge on any atom is -0.493 e. The van der Waals surface area contributed by atoms with Gasteiger partial charge in [0.1, 0.15) is 10.8 Å². The van der Waals surface area contributed by atoms with Gasteiger partial charge in [0.2, 0.25) is 0 Å². The molecular weight excluding hydrogens is 364 g/mol. The van der Waals surface area contributed by atoms with Gasteiger partial charge < -0.3 is 14.4 Å². The van der Waals surface area contributed by atoms with E-state index in [0.29, 0.717) is 30.0 Å². The van der Waals surface area contributed by atoms with E-state index in [2.05, 4.69) is 4.98 Å². The van der Waals surface area contributed by atoms with E-state index in [1.54, 1.807) is 23.5 Å². The first-order valence-corrected chi connectivity index (χ1v) is 10.1. The standard InChI is InChI=1S/C20H22N2O4S/c1-12-11-27-18(21-12)16-6-3-7-22(16)19(23)13-9-15(20(24)25-2)14-5-4-8-26-17(14)10-13/h9-11,16H,3-8H2,1-2H3. The number of hydrogen-bond donors (Lipinski definition) is 0. The molecule has 1 aromatic carbocycles. The predicted molar refractivity (Wildman–Crippen MR) is 101 cm³/mol. The van der Waals surface area contributed by atoms with Gasteiger partial charge in [-0.1, -0.05) is 0 Å². The molecule has 0 radical (unpaired) electrons. The van der Waals surface area contributed by atoms with Gasteiger partial charge in [-0.05, 0) is 44.7 Å². The minimum atomic E-state index is -0.431. The third kappa shape index (κ3) is 3.32. The van der Waals surface area contributed by atoms with Gasteiger partial charge in [0.05, 0.1) is 25.3 Å². The fraction of sp³-hybridized carbons (Fsp3) is 0.450. The molecule has 1 unspecified atom stereocenters. The van der Waals surface area contributed by atoms with Crippen LogP contribution >= 0.6 is 11.3 Å². The van der Waals surface area contributed by atoms with Gasteiger partial charge in [0.15, 0.2) is 0 Å². The second-order valence-corrected chi connectivity index (χ2v) is 7.82. The number of thiazole rings is 1. The number of benzene rings is 1. The van der Waals surface area contributed by atoms with Crippen LogP contribution in [0.15, 0.2) is 17.5 Å².